The van der Waals surface area contributed by atoms with E-state index < -0.39 is 0 Å². The summed E-state index contributed by atoms with van der Waals surface area (Å²) in [5.41, 5.74) is 0.652. The molecule has 164 valence electrons. The third kappa shape index (κ3) is 2.44. The molecule has 1 heterocycles. The largest absolute Gasteiger partial charge is 0.469 e. The molecular formula is C25H34O5. The van der Waals surface area contributed by atoms with E-state index in [-0.39, 0.29) is 46.0 Å². The zero-order chi connectivity index (χ0) is 21.5. The fourth-order valence-corrected chi connectivity index (χ4v) is 8.91. The minimum Gasteiger partial charge on any atom is -0.469 e. The van der Waals surface area contributed by atoms with Crippen LogP contribution in [0.25, 0.3) is 0 Å². The van der Waals surface area contributed by atoms with Gasteiger partial charge in [0.2, 0.25) is 0 Å². The molecule has 2 unspecified atom stereocenters. The maximum Gasteiger partial charge on any atom is 0.309 e. The van der Waals surface area contributed by atoms with E-state index in [0.717, 1.165) is 37.7 Å². The number of carbonyl (C=O) groups excluding carboxylic acids is 3. The summed E-state index contributed by atoms with van der Waals surface area (Å²) in [4.78, 5) is 37.4. The number of rotatable bonds is 1. The number of ketones is 1. The smallest absolute Gasteiger partial charge is 0.309 e. The summed E-state index contributed by atoms with van der Waals surface area (Å²) in [6, 6.07) is 0. The van der Waals surface area contributed by atoms with Crippen LogP contribution in [0, 0.1) is 40.4 Å². The predicted octanol–water partition coefficient (Wildman–Crippen LogP) is 4.24. The van der Waals surface area contributed by atoms with Gasteiger partial charge in [-0.2, -0.15) is 0 Å². The first-order chi connectivity index (χ1) is 14.1. The molecule has 5 rings (SSSR count). The van der Waals surface area contributed by atoms with Crippen molar-refractivity contribution in [3.05, 3.63) is 11.6 Å². The lowest BCUT2D eigenvalue weighted by molar-refractivity contribution is -0.185. The van der Waals surface area contributed by atoms with Gasteiger partial charge in [0, 0.05) is 18.3 Å². The van der Waals surface area contributed by atoms with Crippen molar-refractivity contribution in [2.24, 2.45) is 40.4 Å². The van der Waals surface area contributed by atoms with Crippen molar-refractivity contribution in [2.45, 2.75) is 77.7 Å². The van der Waals surface area contributed by atoms with Gasteiger partial charge in [-0.25, -0.2) is 0 Å². The van der Waals surface area contributed by atoms with E-state index in [2.05, 4.69) is 20.8 Å². The third-order valence-electron chi connectivity index (χ3n) is 10.1. The highest BCUT2D eigenvalue weighted by atomic mass is 16.6. The van der Waals surface area contributed by atoms with Crippen LogP contribution in [0.4, 0.5) is 0 Å². The first-order valence-corrected chi connectivity index (χ1v) is 11.7. The zero-order valence-electron chi connectivity index (χ0n) is 18.7. The topological polar surface area (TPSA) is 69.7 Å². The van der Waals surface area contributed by atoms with Crippen LogP contribution < -0.4 is 0 Å². The van der Waals surface area contributed by atoms with Crippen molar-refractivity contribution in [2.75, 3.05) is 7.11 Å². The highest BCUT2D eigenvalue weighted by molar-refractivity contribution is 5.92. The average molecular weight is 415 g/mol. The Morgan fingerprint density at radius 1 is 1.17 bits per heavy atom. The summed E-state index contributed by atoms with van der Waals surface area (Å²) in [6.45, 7) is 6.97. The van der Waals surface area contributed by atoms with Crippen molar-refractivity contribution in [3.8, 4) is 0 Å². The Kier molecular flexibility index (Phi) is 4.34. The number of allylic oxidation sites excluding steroid dienone is 1. The van der Waals surface area contributed by atoms with Gasteiger partial charge < -0.3 is 9.47 Å². The van der Waals surface area contributed by atoms with Gasteiger partial charge in [0.1, 0.15) is 5.60 Å². The molecule has 30 heavy (non-hydrogen) atoms. The molecule has 1 aliphatic heterocycles. The van der Waals surface area contributed by atoms with Crippen LogP contribution in [0.5, 0.6) is 0 Å². The van der Waals surface area contributed by atoms with E-state index in [1.54, 1.807) is 0 Å². The van der Waals surface area contributed by atoms with Gasteiger partial charge in [-0.3, -0.25) is 14.4 Å². The van der Waals surface area contributed by atoms with Crippen molar-refractivity contribution in [1.29, 1.82) is 0 Å². The first kappa shape index (κ1) is 20.3. The molecule has 8 atom stereocenters. The van der Waals surface area contributed by atoms with Crippen LogP contribution >= 0.6 is 0 Å². The highest BCUT2D eigenvalue weighted by Crippen LogP contribution is 2.71. The molecule has 0 aromatic carbocycles. The van der Waals surface area contributed by atoms with E-state index in [9.17, 15) is 14.4 Å². The Morgan fingerprint density at radius 3 is 2.60 bits per heavy atom. The van der Waals surface area contributed by atoms with Gasteiger partial charge in [0.25, 0.3) is 0 Å². The molecule has 1 saturated heterocycles. The second-order valence-corrected chi connectivity index (χ2v) is 11.2. The molecule has 0 bridgehead atoms. The van der Waals surface area contributed by atoms with Gasteiger partial charge in [-0.05, 0) is 73.7 Å². The van der Waals surface area contributed by atoms with Gasteiger partial charge in [0.05, 0.1) is 13.0 Å². The van der Waals surface area contributed by atoms with Gasteiger partial charge in [-0.15, -0.1) is 0 Å². The van der Waals surface area contributed by atoms with E-state index in [4.69, 9.17) is 9.47 Å². The Bertz CT molecular complexity index is 844. The molecule has 5 aliphatic rings. The molecule has 5 nitrogen and oxygen atoms in total. The number of fused-ring (bicyclic) bond motifs is 6. The molecule has 3 saturated carbocycles. The minimum atomic E-state index is -0.367. The fraction of sp³-hybridized carbons (Fsp3) is 0.800. The molecule has 0 radical (unpaired) electrons. The molecule has 1 spiro atoms. The summed E-state index contributed by atoms with van der Waals surface area (Å²) in [5.74, 6) is 1.04. The van der Waals surface area contributed by atoms with Crippen molar-refractivity contribution >= 4 is 17.7 Å². The molecule has 0 aromatic rings. The van der Waals surface area contributed by atoms with Crippen LogP contribution in [0.2, 0.25) is 0 Å². The fourth-order valence-electron chi connectivity index (χ4n) is 8.91. The third-order valence-corrected chi connectivity index (χ3v) is 10.1. The molecule has 4 aliphatic carbocycles. The van der Waals surface area contributed by atoms with Crippen molar-refractivity contribution < 1.29 is 23.9 Å². The molecule has 4 fully saturated rings. The maximum absolute atomic E-state index is 13.0. The monoisotopic (exact) mass is 414 g/mol. The number of methoxy groups -OCH3 is 1. The van der Waals surface area contributed by atoms with Gasteiger partial charge in [-0.1, -0.05) is 26.3 Å². The molecule has 0 amide bonds. The predicted molar refractivity (Wildman–Crippen MR) is 110 cm³/mol. The SMILES string of the molecule is COC(=O)[C@@H]1CC2=CC(=O)CC[C@]2(C)[C@@H]2[C@@H]1C1CCC3(CCC(=O)O3)[C@@]1(C)C[C@H]2C. The van der Waals surface area contributed by atoms with E-state index in [0.29, 0.717) is 37.0 Å². The maximum atomic E-state index is 13.0. The second kappa shape index (κ2) is 6.43. The van der Waals surface area contributed by atoms with E-state index >= 15 is 0 Å². The normalized spacial score (nSPS) is 49.7. The lowest BCUT2D eigenvalue weighted by atomic mass is 9.41. The molecule has 5 heteroatoms. The Morgan fingerprint density at radius 2 is 1.93 bits per heavy atom. The second-order valence-electron chi connectivity index (χ2n) is 11.2. The van der Waals surface area contributed by atoms with E-state index in [1.165, 1.54) is 7.11 Å². The van der Waals surface area contributed by atoms with Crippen LogP contribution in [0.3, 0.4) is 0 Å². The first-order valence-electron chi connectivity index (χ1n) is 11.7. The van der Waals surface area contributed by atoms with Crippen LogP contribution in [0.1, 0.15) is 72.1 Å². The Hall–Kier alpha value is -1.65. The Balaban J connectivity index is 1.62. The van der Waals surface area contributed by atoms with Crippen molar-refractivity contribution in [1.82, 2.24) is 0 Å². The summed E-state index contributed by atoms with van der Waals surface area (Å²) in [7, 11) is 1.48. The van der Waals surface area contributed by atoms with Crippen LogP contribution in [-0.4, -0.2) is 30.4 Å². The lowest BCUT2D eigenvalue weighted by Gasteiger charge is -2.62. The zero-order valence-corrected chi connectivity index (χ0v) is 18.7. The van der Waals surface area contributed by atoms with Gasteiger partial charge >= 0.3 is 11.9 Å². The van der Waals surface area contributed by atoms with Gasteiger partial charge in [0.15, 0.2) is 5.78 Å². The summed E-state index contributed by atoms with van der Waals surface area (Å²) in [5, 5.41) is 0. The molecule has 0 aromatic heterocycles. The Labute approximate surface area is 178 Å². The standard InChI is InChI=1S/C25H34O5/c1-14-13-24(3)18(6-9-25(24)10-7-19(27)30-25)20-17(22(28)29-4)12-15-11-16(26)5-8-23(15,2)21(14)20/h11,14,17-18,20-21H,5-10,12-13H2,1-4H3/t14-,17-,18?,20+,21+,23+,24+,25?/m1/s1. The summed E-state index contributed by atoms with van der Waals surface area (Å²) in [6.07, 6.45) is 8.18. The lowest BCUT2D eigenvalue weighted by Crippen LogP contribution is -2.60. The number of ether oxygens (including phenoxy) is 2. The number of carbonyl (C=O) groups is 3. The van der Waals surface area contributed by atoms with Crippen LogP contribution in [0.15, 0.2) is 11.6 Å². The average Bonchev–Trinajstić information content (AvgIpc) is 3.21. The van der Waals surface area contributed by atoms with Crippen LogP contribution in [-0.2, 0) is 23.9 Å². The number of hydrogen-bond donors (Lipinski definition) is 0. The molecule has 0 N–H and O–H groups in total. The summed E-state index contributed by atoms with van der Waals surface area (Å²) >= 11 is 0. The quantitative estimate of drug-likeness (QED) is 0.600. The van der Waals surface area contributed by atoms with Crippen molar-refractivity contribution in [3.63, 3.8) is 0 Å². The van der Waals surface area contributed by atoms with E-state index in [1.807, 2.05) is 6.08 Å². The summed E-state index contributed by atoms with van der Waals surface area (Å²) < 4.78 is 11.4. The highest BCUT2D eigenvalue weighted by Gasteiger charge is 2.70. The number of esters is 2. The molecular weight excluding hydrogens is 380 g/mol. The minimum absolute atomic E-state index is 0.0358. The number of hydrogen-bond acceptors (Lipinski definition) is 5.